The molecular weight excluding hydrogens is 467 g/mol. The standard InChI is InChI=1S/C21H34N4O2.HI/c1-21(2,3)9-5-10-23-20(22-4)24-11-6-12-25-18(26)16-14-7-8-15(13-14)17(16)19(25)27;/h7-8,14-17H,5-6,9-13H2,1-4H3,(H2,22,23,24);1H. The molecule has 2 amide bonds. The lowest BCUT2D eigenvalue weighted by atomic mass is 9.85. The van der Waals surface area contributed by atoms with Gasteiger partial charge in [-0.1, -0.05) is 32.9 Å². The molecule has 0 aromatic heterocycles. The highest BCUT2D eigenvalue weighted by atomic mass is 127. The van der Waals surface area contributed by atoms with E-state index in [1.54, 1.807) is 7.05 Å². The van der Waals surface area contributed by atoms with Gasteiger partial charge in [-0.25, -0.2) is 0 Å². The quantitative estimate of drug-likeness (QED) is 0.140. The average Bonchev–Trinajstić information content (AvgIpc) is 3.28. The van der Waals surface area contributed by atoms with Crippen LogP contribution in [-0.2, 0) is 9.59 Å². The van der Waals surface area contributed by atoms with Gasteiger partial charge in [-0.3, -0.25) is 19.5 Å². The van der Waals surface area contributed by atoms with E-state index in [9.17, 15) is 9.59 Å². The first-order chi connectivity index (χ1) is 12.8. The fourth-order valence-electron chi connectivity index (χ4n) is 4.67. The minimum Gasteiger partial charge on any atom is -0.356 e. The molecule has 1 aliphatic heterocycles. The second-order valence-corrected chi connectivity index (χ2v) is 9.27. The van der Waals surface area contributed by atoms with Crippen molar-refractivity contribution in [2.45, 2.75) is 46.5 Å². The summed E-state index contributed by atoms with van der Waals surface area (Å²) in [5, 5.41) is 6.60. The molecule has 0 spiro atoms. The molecule has 1 saturated heterocycles. The average molecular weight is 502 g/mol. The van der Waals surface area contributed by atoms with Crippen molar-refractivity contribution < 1.29 is 9.59 Å². The summed E-state index contributed by atoms with van der Waals surface area (Å²) in [5.41, 5.74) is 0.348. The van der Waals surface area contributed by atoms with E-state index in [4.69, 9.17) is 0 Å². The summed E-state index contributed by atoms with van der Waals surface area (Å²) >= 11 is 0. The van der Waals surface area contributed by atoms with Crippen molar-refractivity contribution in [3.8, 4) is 0 Å². The molecule has 2 N–H and O–H groups in total. The van der Waals surface area contributed by atoms with Crippen LogP contribution in [0.5, 0.6) is 0 Å². The third-order valence-corrected chi connectivity index (χ3v) is 6.03. The van der Waals surface area contributed by atoms with E-state index in [0.717, 1.165) is 38.2 Å². The van der Waals surface area contributed by atoms with Gasteiger partial charge in [-0.2, -0.15) is 0 Å². The van der Waals surface area contributed by atoms with Crippen LogP contribution in [0.1, 0.15) is 46.5 Å². The van der Waals surface area contributed by atoms with Crippen LogP contribution in [0.4, 0.5) is 0 Å². The fraction of sp³-hybridized carbons (Fsp3) is 0.762. The van der Waals surface area contributed by atoms with Gasteiger partial charge in [0.15, 0.2) is 5.96 Å². The number of likely N-dealkylation sites (tertiary alicyclic amines) is 1. The van der Waals surface area contributed by atoms with Gasteiger partial charge in [0.1, 0.15) is 0 Å². The van der Waals surface area contributed by atoms with Crippen LogP contribution in [0.15, 0.2) is 17.1 Å². The Hall–Kier alpha value is -1.12. The zero-order valence-electron chi connectivity index (χ0n) is 17.5. The van der Waals surface area contributed by atoms with Gasteiger partial charge in [0.2, 0.25) is 11.8 Å². The van der Waals surface area contributed by atoms with Crippen molar-refractivity contribution in [1.29, 1.82) is 0 Å². The number of imide groups is 1. The molecular formula is C21H35IN4O2. The molecule has 2 fully saturated rings. The molecule has 7 heteroatoms. The maximum atomic E-state index is 12.6. The number of nitrogens with zero attached hydrogens (tertiary/aromatic N) is 2. The highest BCUT2D eigenvalue weighted by Gasteiger charge is 2.58. The van der Waals surface area contributed by atoms with Crippen molar-refractivity contribution in [3.63, 3.8) is 0 Å². The summed E-state index contributed by atoms with van der Waals surface area (Å²) in [6.07, 6.45) is 8.26. The number of nitrogens with one attached hydrogen (secondary N) is 2. The van der Waals surface area contributed by atoms with Crippen LogP contribution >= 0.6 is 24.0 Å². The Morgan fingerprint density at radius 3 is 2.11 bits per heavy atom. The van der Waals surface area contributed by atoms with Crippen LogP contribution < -0.4 is 10.6 Å². The Morgan fingerprint density at radius 2 is 1.61 bits per heavy atom. The molecule has 1 saturated carbocycles. The highest BCUT2D eigenvalue weighted by molar-refractivity contribution is 14.0. The minimum atomic E-state index is -0.0855. The number of halogens is 1. The third-order valence-electron chi connectivity index (χ3n) is 6.03. The number of fused-ring (bicyclic) bond motifs is 5. The molecule has 4 unspecified atom stereocenters. The number of hydrogen-bond acceptors (Lipinski definition) is 3. The predicted octanol–water partition coefficient (Wildman–Crippen LogP) is 2.79. The number of guanidine groups is 1. The van der Waals surface area contributed by atoms with Crippen LogP contribution in [-0.4, -0.2) is 49.4 Å². The van der Waals surface area contributed by atoms with Crippen LogP contribution in [0.3, 0.4) is 0 Å². The third kappa shape index (κ3) is 5.07. The Bertz CT molecular complexity index is 611. The molecule has 2 aliphatic carbocycles. The van der Waals surface area contributed by atoms with Crippen molar-refractivity contribution >= 4 is 41.8 Å². The van der Waals surface area contributed by atoms with Crippen molar-refractivity contribution in [2.24, 2.45) is 34.1 Å². The Balaban J connectivity index is 0.00000280. The molecule has 0 radical (unpaired) electrons. The maximum absolute atomic E-state index is 12.6. The topological polar surface area (TPSA) is 73.8 Å². The second kappa shape index (κ2) is 9.59. The van der Waals surface area contributed by atoms with Crippen molar-refractivity contribution in [2.75, 3.05) is 26.7 Å². The SMILES string of the molecule is CN=C(NCCCN1C(=O)C2C3C=CC(C3)C2C1=O)NCCCC(C)(C)C.I. The van der Waals surface area contributed by atoms with E-state index in [0.29, 0.717) is 18.5 Å². The number of carbonyl (C=O) groups is 2. The van der Waals surface area contributed by atoms with Gasteiger partial charge in [-0.05, 0) is 42.9 Å². The number of carbonyl (C=O) groups excluding carboxylic acids is 2. The first kappa shape index (κ1) is 23.2. The minimum absolute atomic E-state index is 0. The summed E-state index contributed by atoms with van der Waals surface area (Å²) in [6, 6.07) is 0. The predicted molar refractivity (Wildman–Crippen MR) is 123 cm³/mol. The molecule has 28 heavy (non-hydrogen) atoms. The molecule has 3 rings (SSSR count). The van der Waals surface area contributed by atoms with E-state index in [2.05, 4.69) is 48.5 Å². The monoisotopic (exact) mass is 502 g/mol. The lowest BCUT2D eigenvalue weighted by Gasteiger charge is -2.19. The summed E-state index contributed by atoms with van der Waals surface area (Å²) in [5.74, 6) is 1.28. The van der Waals surface area contributed by atoms with E-state index in [1.807, 2.05) is 0 Å². The van der Waals surface area contributed by atoms with Crippen LogP contribution in [0, 0.1) is 29.1 Å². The molecule has 3 aliphatic rings. The number of rotatable bonds is 7. The summed E-state index contributed by atoms with van der Waals surface area (Å²) < 4.78 is 0. The van der Waals surface area contributed by atoms with E-state index in [1.165, 1.54) is 4.90 Å². The van der Waals surface area contributed by atoms with E-state index in [-0.39, 0.29) is 59.5 Å². The smallest absolute Gasteiger partial charge is 0.233 e. The van der Waals surface area contributed by atoms with Gasteiger partial charge in [0.05, 0.1) is 11.8 Å². The Morgan fingerprint density at radius 1 is 1.07 bits per heavy atom. The van der Waals surface area contributed by atoms with Gasteiger partial charge in [-0.15, -0.1) is 24.0 Å². The lowest BCUT2D eigenvalue weighted by Crippen LogP contribution is -2.40. The fourth-order valence-corrected chi connectivity index (χ4v) is 4.67. The van der Waals surface area contributed by atoms with Crippen molar-refractivity contribution in [1.82, 2.24) is 15.5 Å². The second-order valence-electron chi connectivity index (χ2n) is 9.27. The summed E-state index contributed by atoms with van der Waals surface area (Å²) in [7, 11) is 1.76. The number of aliphatic imine (C=N–C) groups is 1. The summed E-state index contributed by atoms with van der Waals surface area (Å²) in [6.45, 7) is 8.82. The highest BCUT2D eigenvalue weighted by Crippen LogP contribution is 2.52. The largest absolute Gasteiger partial charge is 0.356 e. The molecule has 2 bridgehead atoms. The number of allylic oxidation sites excluding steroid dienone is 2. The Kier molecular flexibility index (Phi) is 7.93. The molecule has 0 aromatic carbocycles. The van der Waals surface area contributed by atoms with E-state index < -0.39 is 0 Å². The van der Waals surface area contributed by atoms with Gasteiger partial charge in [0, 0.05) is 26.7 Å². The maximum Gasteiger partial charge on any atom is 0.233 e. The summed E-state index contributed by atoms with van der Waals surface area (Å²) in [4.78, 5) is 31.0. The molecule has 1 heterocycles. The Labute approximate surface area is 186 Å². The zero-order chi connectivity index (χ0) is 19.6. The van der Waals surface area contributed by atoms with Gasteiger partial charge < -0.3 is 10.6 Å². The zero-order valence-corrected chi connectivity index (χ0v) is 19.9. The first-order valence-electron chi connectivity index (χ1n) is 10.3. The molecule has 6 nitrogen and oxygen atoms in total. The van der Waals surface area contributed by atoms with Gasteiger partial charge in [0.25, 0.3) is 0 Å². The number of amides is 2. The molecule has 0 aromatic rings. The van der Waals surface area contributed by atoms with Crippen LogP contribution in [0.25, 0.3) is 0 Å². The lowest BCUT2D eigenvalue weighted by molar-refractivity contribution is -0.140. The first-order valence-corrected chi connectivity index (χ1v) is 10.3. The number of hydrogen-bond donors (Lipinski definition) is 2. The normalized spacial score (nSPS) is 28.6. The van der Waals surface area contributed by atoms with Crippen molar-refractivity contribution in [3.05, 3.63) is 12.2 Å². The molecule has 4 atom stereocenters. The van der Waals surface area contributed by atoms with Gasteiger partial charge >= 0.3 is 0 Å². The molecule has 158 valence electrons. The van der Waals surface area contributed by atoms with Crippen LogP contribution in [0.2, 0.25) is 0 Å². The van der Waals surface area contributed by atoms with E-state index >= 15 is 0 Å².